The predicted molar refractivity (Wildman–Crippen MR) is 68.7 cm³/mol. The lowest BCUT2D eigenvalue weighted by molar-refractivity contribution is -0.129. The molecule has 1 aliphatic heterocycles. The number of ether oxygens (including phenoxy) is 1. The molecule has 0 fully saturated rings. The first-order valence-corrected chi connectivity index (χ1v) is 6.81. The molecule has 0 saturated carbocycles. The molecule has 6 nitrogen and oxygen atoms in total. The Balaban J connectivity index is 2.13. The quantitative estimate of drug-likeness (QED) is 0.892. The highest BCUT2D eigenvalue weighted by atomic mass is 32.2. The third kappa shape index (κ3) is 3.00. The van der Waals surface area contributed by atoms with E-state index in [4.69, 9.17) is 9.84 Å². The second kappa shape index (κ2) is 4.85. The zero-order valence-corrected chi connectivity index (χ0v) is 10.8. The van der Waals surface area contributed by atoms with Crippen LogP contribution in [0.5, 0.6) is 5.75 Å². The zero-order chi connectivity index (χ0) is 14.0. The molecule has 1 aromatic carbocycles. The number of hydrogen-bond donors (Lipinski definition) is 1. The van der Waals surface area contributed by atoms with Crippen molar-refractivity contribution in [2.75, 3.05) is 6.61 Å². The highest BCUT2D eigenvalue weighted by Gasteiger charge is 2.28. The molecule has 7 heteroatoms. The molecule has 0 radical (unpaired) electrons. The van der Waals surface area contributed by atoms with E-state index < -0.39 is 21.7 Å². The van der Waals surface area contributed by atoms with E-state index in [-0.39, 0.29) is 11.5 Å². The number of hydrogen-bond acceptors (Lipinski definition) is 4. The van der Waals surface area contributed by atoms with E-state index in [0.29, 0.717) is 5.75 Å². The Morgan fingerprint density at radius 3 is 2.74 bits per heavy atom. The van der Waals surface area contributed by atoms with Crippen molar-refractivity contribution in [2.45, 2.75) is 6.92 Å². The standard InChI is InChI=1S/C12H11NO5S/c1-8-3-2-4-9(5-8)18-7-10-6-11(12(14)15)13-19(10,16)17/h2-6H,7H2,1H3,(H,14,15). The van der Waals surface area contributed by atoms with Gasteiger partial charge in [0.2, 0.25) is 0 Å². The maximum atomic E-state index is 11.6. The summed E-state index contributed by atoms with van der Waals surface area (Å²) in [6.45, 7) is 1.64. The zero-order valence-electron chi connectivity index (χ0n) is 10.0. The molecular weight excluding hydrogens is 270 g/mol. The fourth-order valence-electron chi connectivity index (χ4n) is 1.52. The summed E-state index contributed by atoms with van der Waals surface area (Å²) < 4.78 is 31.6. The molecule has 2 rings (SSSR count). The largest absolute Gasteiger partial charge is 0.488 e. The summed E-state index contributed by atoms with van der Waals surface area (Å²) >= 11 is 0. The van der Waals surface area contributed by atoms with Crippen molar-refractivity contribution < 1.29 is 23.1 Å². The lowest BCUT2D eigenvalue weighted by Gasteiger charge is -2.06. The van der Waals surface area contributed by atoms with Crippen LogP contribution in [0.4, 0.5) is 0 Å². The van der Waals surface area contributed by atoms with Crippen LogP contribution in [0, 0.1) is 6.92 Å². The minimum Gasteiger partial charge on any atom is -0.488 e. The molecule has 1 aromatic rings. The van der Waals surface area contributed by atoms with Gasteiger partial charge in [0.25, 0.3) is 10.0 Å². The van der Waals surface area contributed by atoms with E-state index in [1.807, 2.05) is 13.0 Å². The number of benzene rings is 1. The molecular formula is C12H11NO5S. The number of sulfonamides is 1. The van der Waals surface area contributed by atoms with Crippen molar-refractivity contribution in [2.24, 2.45) is 4.40 Å². The van der Waals surface area contributed by atoms with Crippen LogP contribution < -0.4 is 4.74 Å². The van der Waals surface area contributed by atoms with E-state index in [1.54, 1.807) is 18.2 Å². The third-order valence-electron chi connectivity index (χ3n) is 2.44. The Hall–Kier alpha value is -2.15. The van der Waals surface area contributed by atoms with Crippen LogP contribution in [0.1, 0.15) is 5.56 Å². The lowest BCUT2D eigenvalue weighted by atomic mass is 10.2. The van der Waals surface area contributed by atoms with Crippen LogP contribution in [-0.4, -0.2) is 31.8 Å². The van der Waals surface area contributed by atoms with Crippen molar-refractivity contribution in [1.29, 1.82) is 0 Å². The van der Waals surface area contributed by atoms with Gasteiger partial charge in [0.15, 0.2) is 5.71 Å². The fraction of sp³-hybridized carbons (Fsp3) is 0.167. The number of carboxylic acids is 1. The molecule has 0 amide bonds. The van der Waals surface area contributed by atoms with Gasteiger partial charge in [-0.3, -0.25) is 0 Å². The van der Waals surface area contributed by atoms with Gasteiger partial charge < -0.3 is 9.84 Å². The van der Waals surface area contributed by atoms with Gasteiger partial charge in [0, 0.05) is 0 Å². The van der Waals surface area contributed by atoms with Crippen LogP contribution in [0.2, 0.25) is 0 Å². The highest BCUT2D eigenvalue weighted by molar-refractivity contribution is 7.94. The monoisotopic (exact) mass is 281 g/mol. The summed E-state index contributed by atoms with van der Waals surface area (Å²) in [6.07, 6.45) is 1.01. The molecule has 1 N–H and O–H groups in total. The van der Waals surface area contributed by atoms with Crippen molar-refractivity contribution in [3.05, 3.63) is 40.8 Å². The van der Waals surface area contributed by atoms with Crippen LogP contribution >= 0.6 is 0 Å². The van der Waals surface area contributed by atoms with Gasteiger partial charge in [-0.2, -0.15) is 12.8 Å². The Kier molecular flexibility index (Phi) is 3.39. The summed E-state index contributed by atoms with van der Waals surface area (Å²) in [5.41, 5.74) is 0.478. The Labute approximate surface area is 110 Å². The fourth-order valence-corrected chi connectivity index (χ4v) is 2.49. The Bertz CT molecular complexity index is 688. The van der Waals surface area contributed by atoms with E-state index in [9.17, 15) is 13.2 Å². The number of carbonyl (C=O) groups is 1. The number of aryl methyl sites for hydroxylation is 1. The molecule has 0 unspecified atom stereocenters. The number of carboxylic acid groups (broad SMARTS) is 1. The lowest BCUT2D eigenvalue weighted by Crippen LogP contribution is -2.07. The molecule has 1 heterocycles. The summed E-state index contributed by atoms with van der Waals surface area (Å²) in [4.78, 5) is 10.5. The predicted octanol–water partition coefficient (Wildman–Crippen LogP) is 1.13. The van der Waals surface area contributed by atoms with Crippen LogP contribution in [0.25, 0.3) is 0 Å². The molecule has 0 saturated heterocycles. The summed E-state index contributed by atoms with van der Waals surface area (Å²) in [5, 5.41) is 8.70. The summed E-state index contributed by atoms with van der Waals surface area (Å²) in [7, 11) is -3.92. The minimum absolute atomic E-state index is 0.161. The summed E-state index contributed by atoms with van der Waals surface area (Å²) in [6, 6.07) is 7.10. The first-order chi connectivity index (χ1) is 8.88. The molecule has 0 aliphatic carbocycles. The van der Waals surface area contributed by atoms with E-state index in [0.717, 1.165) is 11.6 Å². The Morgan fingerprint density at radius 1 is 1.42 bits per heavy atom. The van der Waals surface area contributed by atoms with E-state index in [2.05, 4.69) is 4.40 Å². The minimum atomic E-state index is -3.92. The first-order valence-electron chi connectivity index (χ1n) is 5.37. The maximum Gasteiger partial charge on any atom is 0.355 e. The first kappa shape index (κ1) is 13.3. The SMILES string of the molecule is Cc1cccc(OCC2=CC(C(=O)O)=NS2(=O)=O)c1. The summed E-state index contributed by atoms with van der Waals surface area (Å²) in [5.74, 6) is -0.867. The van der Waals surface area contributed by atoms with Crippen LogP contribution in [0.15, 0.2) is 39.6 Å². The smallest absolute Gasteiger partial charge is 0.355 e. The number of aliphatic carboxylic acids is 1. The molecule has 100 valence electrons. The van der Waals surface area contributed by atoms with Gasteiger partial charge in [0.1, 0.15) is 17.3 Å². The van der Waals surface area contributed by atoms with Gasteiger partial charge in [-0.15, -0.1) is 0 Å². The molecule has 1 aliphatic rings. The van der Waals surface area contributed by atoms with E-state index in [1.165, 1.54) is 0 Å². The van der Waals surface area contributed by atoms with Crippen molar-refractivity contribution in [3.8, 4) is 5.75 Å². The molecule has 0 aromatic heterocycles. The van der Waals surface area contributed by atoms with Crippen molar-refractivity contribution >= 4 is 21.7 Å². The second-order valence-corrected chi connectivity index (χ2v) is 5.63. The third-order valence-corrected chi connectivity index (χ3v) is 3.77. The van der Waals surface area contributed by atoms with Gasteiger partial charge in [-0.25, -0.2) is 4.79 Å². The molecule has 19 heavy (non-hydrogen) atoms. The van der Waals surface area contributed by atoms with Gasteiger partial charge in [-0.1, -0.05) is 12.1 Å². The molecule has 0 spiro atoms. The molecule has 0 bridgehead atoms. The molecule has 0 atom stereocenters. The van der Waals surface area contributed by atoms with Gasteiger partial charge in [-0.05, 0) is 30.7 Å². The van der Waals surface area contributed by atoms with Gasteiger partial charge >= 0.3 is 5.97 Å². The number of nitrogens with zero attached hydrogens (tertiary/aromatic N) is 1. The van der Waals surface area contributed by atoms with Crippen LogP contribution in [-0.2, 0) is 14.8 Å². The second-order valence-electron chi connectivity index (χ2n) is 3.97. The Morgan fingerprint density at radius 2 is 2.16 bits per heavy atom. The van der Waals surface area contributed by atoms with Crippen molar-refractivity contribution in [3.63, 3.8) is 0 Å². The average Bonchev–Trinajstić information content (AvgIpc) is 2.62. The van der Waals surface area contributed by atoms with Gasteiger partial charge in [0.05, 0.1) is 0 Å². The highest BCUT2D eigenvalue weighted by Crippen LogP contribution is 2.20. The average molecular weight is 281 g/mol. The van der Waals surface area contributed by atoms with Crippen LogP contribution in [0.3, 0.4) is 0 Å². The topological polar surface area (TPSA) is 93.0 Å². The van der Waals surface area contributed by atoms with Crippen molar-refractivity contribution in [1.82, 2.24) is 0 Å². The van der Waals surface area contributed by atoms with E-state index >= 15 is 0 Å². The normalized spacial score (nSPS) is 16.7. The maximum absolute atomic E-state index is 11.6. The number of rotatable bonds is 4.